The number of pyridine rings is 6. The number of anilines is 4. The number of aromatic nitrogens is 6. The van der Waals surface area contributed by atoms with Gasteiger partial charge in [-0.05, 0) is 121 Å². The molecule has 0 radical (unpaired) electrons. The SMILES string of the molecule is Cc1ccncc1-c1nc(NC2CC2c2c(-c3cnccc3C)nc(N)c3cnc(NC(=O)[C@@H]4C[C@H]4CC#N)cc23)c2cnc(NC(=O)[C@H]3C[C@@H]3CC#N)cc2c1C1CC1. The fraction of sp³-hybridized carbons (Fsp3) is 0.348. The molecule has 14 heteroatoms. The van der Waals surface area contributed by atoms with E-state index in [-0.39, 0.29) is 47.4 Å². The van der Waals surface area contributed by atoms with Gasteiger partial charge >= 0.3 is 0 Å². The fourth-order valence-corrected chi connectivity index (χ4v) is 8.83. The van der Waals surface area contributed by atoms with Gasteiger partial charge in [0.2, 0.25) is 11.8 Å². The molecule has 2 unspecified atom stereocenters. The van der Waals surface area contributed by atoms with Crippen molar-refractivity contribution >= 4 is 56.6 Å². The number of carbonyl (C=O) groups is 2. The summed E-state index contributed by atoms with van der Waals surface area (Å²) in [7, 11) is 0. The Morgan fingerprint density at radius 2 is 1.28 bits per heavy atom. The highest BCUT2D eigenvalue weighted by Crippen LogP contribution is 2.53. The molecular weight excluding hydrogens is 753 g/mol. The minimum atomic E-state index is -0.203. The number of nitrogen functional groups attached to an aromatic ring is 1. The highest BCUT2D eigenvalue weighted by atomic mass is 16.2. The summed E-state index contributed by atoms with van der Waals surface area (Å²) in [4.78, 5) is 55.0. The Balaban J connectivity index is 1.05. The molecule has 60 heavy (non-hydrogen) atoms. The van der Waals surface area contributed by atoms with E-state index >= 15 is 0 Å². The van der Waals surface area contributed by atoms with Crippen molar-refractivity contribution in [2.75, 3.05) is 21.7 Å². The van der Waals surface area contributed by atoms with E-state index in [1.807, 2.05) is 43.6 Å². The normalized spacial score (nSPS) is 22.4. The number of hydrogen-bond acceptors (Lipinski definition) is 12. The third-order valence-corrected chi connectivity index (χ3v) is 12.7. The van der Waals surface area contributed by atoms with Crippen molar-refractivity contribution in [3.05, 3.63) is 83.7 Å². The van der Waals surface area contributed by atoms with E-state index in [2.05, 4.69) is 50.0 Å². The van der Waals surface area contributed by atoms with E-state index in [1.54, 1.807) is 24.8 Å². The molecule has 2 amide bonds. The van der Waals surface area contributed by atoms with Crippen LogP contribution in [0.25, 0.3) is 44.1 Å². The van der Waals surface area contributed by atoms with Gasteiger partial charge in [0.05, 0.1) is 23.5 Å². The minimum Gasteiger partial charge on any atom is -0.383 e. The Morgan fingerprint density at radius 3 is 1.83 bits per heavy atom. The Hall–Kier alpha value is -7.06. The summed E-state index contributed by atoms with van der Waals surface area (Å²) in [6.45, 7) is 4.09. The lowest BCUT2D eigenvalue weighted by molar-refractivity contribution is -0.118. The second-order valence-corrected chi connectivity index (χ2v) is 16.9. The van der Waals surface area contributed by atoms with Gasteiger partial charge in [-0.2, -0.15) is 10.5 Å². The lowest BCUT2D eigenvalue weighted by Crippen LogP contribution is -2.16. The number of aryl methyl sites for hydroxylation is 2. The summed E-state index contributed by atoms with van der Waals surface area (Å²) < 4.78 is 0. The van der Waals surface area contributed by atoms with E-state index in [9.17, 15) is 9.59 Å². The maximum Gasteiger partial charge on any atom is 0.228 e. The van der Waals surface area contributed by atoms with Crippen molar-refractivity contribution < 1.29 is 9.59 Å². The van der Waals surface area contributed by atoms with Crippen molar-refractivity contribution in [2.24, 2.45) is 23.7 Å². The maximum absolute atomic E-state index is 13.2. The number of fused-ring (bicyclic) bond motifs is 2. The van der Waals surface area contributed by atoms with Gasteiger partial charge < -0.3 is 21.7 Å². The van der Waals surface area contributed by atoms with E-state index in [4.69, 9.17) is 31.2 Å². The molecule has 4 fully saturated rings. The Kier molecular flexibility index (Phi) is 9.08. The van der Waals surface area contributed by atoms with Gasteiger partial charge in [-0.3, -0.25) is 19.6 Å². The van der Waals surface area contributed by atoms with Gasteiger partial charge in [0.25, 0.3) is 0 Å². The molecule has 6 aromatic heterocycles. The summed E-state index contributed by atoms with van der Waals surface area (Å²) in [6, 6.07) is 12.1. The third kappa shape index (κ3) is 6.87. The summed E-state index contributed by atoms with van der Waals surface area (Å²) in [6.07, 6.45) is 15.7. The standard InChI is InChI=1S/C46H42N12O2/c1-22-7-11-50-18-32(22)41-39(24-3-4-24)30-17-38(56-46(60)28-14-26(28)6-10-48)53-21-35(30)44(58-41)54-36-15-31(36)40-29-16-37(55-45(59)27-13-25(27)5-9-47)52-20-34(29)43(49)57-42(40)33-19-51-12-8-23(33)2/h7-8,11-12,16-21,24-28,31,36H,3-6,13-15H2,1-2H3,(H2,49,57)(H,54,58)(H,52,55,59)(H,53,56,60)/t25-,26+,27-,28+,31?,36?/m1/s1. The molecule has 5 N–H and O–H groups in total. The number of amides is 2. The molecule has 6 heterocycles. The first-order valence-electron chi connectivity index (χ1n) is 20.6. The molecule has 4 aliphatic carbocycles. The quantitative estimate of drug-likeness (QED) is 0.0935. The predicted molar refractivity (Wildman–Crippen MR) is 227 cm³/mol. The van der Waals surface area contributed by atoms with Crippen LogP contribution in [0.4, 0.5) is 23.3 Å². The van der Waals surface area contributed by atoms with Crippen molar-refractivity contribution in [2.45, 2.75) is 76.7 Å². The van der Waals surface area contributed by atoms with Gasteiger partial charge in [-0.25, -0.2) is 19.9 Å². The van der Waals surface area contributed by atoms with Crippen LogP contribution in [0, 0.1) is 60.2 Å². The van der Waals surface area contributed by atoms with Crippen LogP contribution in [0.3, 0.4) is 0 Å². The number of carbonyl (C=O) groups excluding carboxylic acids is 2. The van der Waals surface area contributed by atoms with Crippen molar-refractivity contribution in [1.82, 2.24) is 29.9 Å². The molecule has 6 atom stereocenters. The Labute approximate surface area is 346 Å². The van der Waals surface area contributed by atoms with Crippen LogP contribution in [0.2, 0.25) is 0 Å². The maximum atomic E-state index is 13.2. The number of nitrogens with one attached hydrogen (secondary N) is 3. The van der Waals surface area contributed by atoms with Gasteiger partial charge in [0, 0.05) is 95.7 Å². The zero-order chi connectivity index (χ0) is 41.2. The van der Waals surface area contributed by atoms with Gasteiger partial charge in [-0.1, -0.05) is 0 Å². The van der Waals surface area contributed by atoms with E-state index < -0.39 is 0 Å². The second kappa shape index (κ2) is 14.6. The zero-order valence-electron chi connectivity index (χ0n) is 33.2. The van der Waals surface area contributed by atoms with Crippen LogP contribution in [0.15, 0.2) is 61.4 Å². The molecular formula is C46H42N12O2. The van der Waals surface area contributed by atoms with Crippen molar-refractivity contribution in [1.29, 1.82) is 10.5 Å². The van der Waals surface area contributed by atoms with Crippen LogP contribution in [-0.4, -0.2) is 47.8 Å². The molecule has 10 rings (SSSR count). The van der Waals surface area contributed by atoms with Crippen LogP contribution in [0.1, 0.15) is 79.0 Å². The highest BCUT2D eigenvalue weighted by molar-refractivity contribution is 6.03. The topological polar surface area (TPSA) is 221 Å². The molecule has 0 bridgehead atoms. The molecule has 298 valence electrons. The monoisotopic (exact) mass is 794 g/mol. The van der Waals surface area contributed by atoms with Crippen LogP contribution in [-0.2, 0) is 9.59 Å². The first-order valence-corrected chi connectivity index (χ1v) is 20.6. The average Bonchev–Trinajstić information content (AvgIpc) is 4.01. The van der Waals surface area contributed by atoms with E-state index in [0.29, 0.717) is 60.3 Å². The Morgan fingerprint density at radius 1 is 0.733 bits per heavy atom. The summed E-state index contributed by atoms with van der Waals surface area (Å²) >= 11 is 0. The van der Waals surface area contributed by atoms with E-state index in [0.717, 1.165) is 80.2 Å². The van der Waals surface area contributed by atoms with Crippen LogP contribution in [0.5, 0.6) is 0 Å². The number of nitrogens with zero attached hydrogens (tertiary/aromatic N) is 8. The fourth-order valence-electron chi connectivity index (χ4n) is 8.83. The summed E-state index contributed by atoms with van der Waals surface area (Å²) in [5.41, 5.74) is 14.2. The molecule has 4 saturated carbocycles. The third-order valence-electron chi connectivity index (χ3n) is 12.7. The number of nitriles is 2. The molecule has 0 spiro atoms. The predicted octanol–water partition coefficient (Wildman–Crippen LogP) is 7.72. The van der Waals surface area contributed by atoms with Gasteiger partial charge in [0.1, 0.15) is 23.3 Å². The highest BCUT2D eigenvalue weighted by Gasteiger charge is 2.45. The lowest BCUT2D eigenvalue weighted by Gasteiger charge is -2.19. The molecule has 0 aliphatic heterocycles. The molecule has 6 aromatic rings. The number of nitrogens with two attached hydrogens (primary N) is 1. The lowest BCUT2D eigenvalue weighted by atomic mass is 9.95. The van der Waals surface area contributed by atoms with Gasteiger partial charge in [-0.15, -0.1) is 0 Å². The minimum absolute atomic E-state index is 0.0282. The first kappa shape index (κ1) is 37.2. The molecule has 0 aromatic carbocycles. The van der Waals surface area contributed by atoms with Crippen molar-refractivity contribution in [3.63, 3.8) is 0 Å². The zero-order valence-corrected chi connectivity index (χ0v) is 33.2. The Bertz CT molecular complexity index is 2860. The first-order chi connectivity index (χ1) is 29.2. The second-order valence-electron chi connectivity index (χ2n) is 16.9. The largest absolute Gasteiger partial charge is 0.383 e. The van der Waals surface area contributed by atoms with Crippen molar-refractivity contribution in [3.8, 4) is 34.7 Å². The van der Waals surface area contributed by atoms with Crippen LogP contribution >= 0.6 is 0 Å². The molecule has 4 aliphatic rings. The van der Waals surface area contributed by atoms with Gasteiger partial charge in [0.15, 0.2) is 0 Å². The van der Waals surface area contributed by atoms with Crippen LogP contribution < -0.4 is 21.7 Å². The molecule has 14 nitrogen and oxygen atoms in total. The smallest absolute Gasteiger partial charge is 0.228 e. The molecule has 0 saturated heterocycles. The summed E-state index contributed by atoms with van der Waals surface area (Å²) in [5, 5.41) is 31.5. The van der Waals surface area contributed by atoms with E-state index in [1.165, 1.54) is 0 Å². The number of rotatable bonds is 12. The number of hydrogen-bond donors (Lipinski definition) is 4. The average molecular weight is 795 g/mol. The summed E-state index contributed by atoms with van der Waals surface area (Å²) in [5.74, 6) is 1.71.